The molecule has 0 radical (unpaired) electrons. The van der Waals surface area contributed by atoms with Gasteiger partial charge in [0.05, 0.1) is 6.61 Å². The van der Waals surface area contributed by atoms with Gasteiger partial charge in [0.25, 0.3) is 0 Å². The van der Waals surface area contributed by atoms with Gasteiger partial charge >= 0.3 is 0 Å². The number of ketones is 1. The van der Waals surface area contributed by atoms with Crippen molar-refractivity contribution in [2.45, 2.75) is 40.0 Å². The highest BCUT2D eigenvalue weighted by molar-refractivity contribution is 5.75. The van der Waals surface area contributed by atoms with E-state index in [1.54, 1.807) is 6.92 Å². The quantitative estimate of drug-likeness (QED) is 0.686. The van der Waals surface area contributed by atoms with E-state index >= 15 is 0 Å². The molecule has 88 valence electrons. The van der Waals surface area contributed by atoms with E-state index in [0.29, 0.717) is 13.0 Å². The van der Waals surface area contributed by atoms with Crippen molar-refractivity contribution in [2.24, 2.45) is 0 Å². The number of carbonyl (C=O) groups is 1. The molecule has 0 heterocycles. The van der Waals surface area contributed by atoms with Crippen LogP contribution in [0.15, 0.2) is 18.2 Å². The summed E-state index contributed by atoms with van der Waals surface area (Å²) in [5, 5.41) is 0. The SMILES string of the molecule is CC(=O)CCCCOc1ccc(C)c(C)c1. The fraction of sp³-hybridized carbons (Fsp3) is 0.500. The summed E-state index contributed by atoms with van der Waals surface area (Å²) in [7, 11) is 0. The number of carbonyl (C=O) groups excluding carboxylic acids is 1. The summed E-state index contributed by atoms with van der Waals surface area (Å²) >= 11 is 0. The zero-order valence-corrected chi connectivity index (χ0v) is 10.4. The summed E-state index contributed by atoms with van der Waals surface area (Å²) in [5.41, 5.74) is 2.53. The number of aryl methyl sites for hydroxylation is 2. The molecule has 0 bridgehead atoms. The third kappa shape index (κ3) is 4.47. The minimum atomic E-state index is 0.256. The van der Waals surface area contributed by atoms with Gasteiger partial charge in [-0.1, -0.05) is 6.07 Å². The van der Waals surface area contributed by atoms with E-state index in [9.17, 15) is 4.79 Å². The highest BCUT2D eigenvalue weighted by Gasteiger charge is 1.98. The highest BCUT2D eigenvalue weighted by Crippen LogP contribution is 2.16. The summed E-state index contributed by atoms with van der Waals surface area (Å²) < 4.78 is 5.61. The maximum Gasteiger partial charge on any atom is 0.129 e. The second kappa shape index (κ2) is 6.31. The molecule has 0 atom stereocenters. The topological polar surface area (TPSA) is 26.3 Å². The fourth-order valence-electron chi connectivity index (χ4n) is 1.47. The van der Waals surface area contributed by atoms with Gasteiger partial charge in [0.1, 0.15) is 11.5 Å². The lowest BCUT2D eigenvalue weighted by molar-refractivity contribution is -0.117. The predicted octanol–water partition coefficient (Wildman–Crippen LogP) is 3.44. The second-order valence-corrected chi connectivity index (χ2v) is 4.25. The summed E-state index contributed by atoms with van der Waals surface area (Å²) in [4.78, 5) is 10.7. The number of unbranched alkanes of at least 4 members (excludes halogenated alkanes) is 1. The first-order valence-corrected chi connectivity index (χ1v) is 5.79. The Kier molecular flexibility index (Phi) is 5.03. The van der Waals surface area contributed by atoms with Crippen molar-refractivity contribution in [3.05, 3.63) is 29.3 Å². The smallest absolute Gasteiger partial charge is 0.129 e. The van der Waals surface area contributed by atoms with Gasteiger partial charge in [-0.05, 0) is 56.9 Å². The normalized spacial score (nSPS) is 10.2. The molecule has 0 aliphatic carbocycles. The number of hydrogen-bond donors (Lipinski definition) is 0. The largest absolute Gasteiger partial charge is 0.494 e. The third-order valence-corrected chi connectivity index (χ3v) is 2.67. The monoisotopic (exact) mass is 220 g/mol. The van der Waals surface area contributed by atoms with E-state index < -0.39 is 0 Å². The lowest BCUT2D eigenvalue weighted by atomic mass is 10.1. The number of Topliss-reactive ketones (excluding diaryl/α,β-unsaturated/α-hetero) is 1. The van der Waals surface area contributed by atoms with E-state index in [1.807, 2.05) is 6.07 Å². The van der Waals surface area contributed by atoms with Crippen LogP contribution in [-0.2, 0) is 4.79 Å². The molecule has 0 aromatic heterocycles. The number of ether oxygens (including phenoxy) is 1. The first kappa shape index (κ1) is 12.8. The van der Waals surface area contributed by atoms with Crippen molar-refractivity contribution in [3.8, 4) is 5.75 Å². The van der Waals surface area contributed by atoms with Crippen LogP contribution in [0.2, 0.25) is 0 Å². The molecule has 0 N–H and O–H groups in total. The average molecular weight is 220 g/mol. The van der Waals surface area contributed by atoms with Crippen molar-refractivity contribution in [3.63, 3.8) is 0 Å². The first-order chi connectivity index (χ1) is 7.59. The van der Waals surface area contributed by atoms with Gasteiger partial charge in [-0.25, -0.2) is 0 Å². The molecule has 1 aromatic rings. The zero-order chi connectivity index (χ0) is 12.0. The van der Waals surface area contributed by atoms with Crippen LogP contribution in [0.1, 0.15) is 37.3 Å². The Balaban J connectivity index is 2.27. The van der Waals surface area contributed by atoms with Crippen LogP contribution in [0.3, 0.4) is 0 Å². The Bertz CT molecular complexity index is 356. The molecule has 1 aromatic carbocycles. The highest BCUT2D eigenvalue weighted by atomic mass is 16.5. The number of rotatable bonds is 6. The van der Waals surface area contributed by atoms with E-state index in [0.717, 1.165) is 18.6 Å². The van der Waals surface area contributed by atoms with Gasteiger partial charge < -0.3 is 9.53 Å². The molecule has 0 saturated carbocycles. The van der Waals surface area contributed by atoms with Crippen molar-refractivity contribution < 1.29 is 9.53 Å². The van der Waals surface area contributed by atoms with Crippen molar-refractivity contribution in [1.29, 1.82) is 0 Å². The minimum Gasteiger partial charge on any atom is -0.494 e. The Hall–Kier alpha value is -1.31. The summed E-state index contributed by atoms with van der Waals surface area (Å²) in [6, 6.07) is 6.12. The Labute approximate surface area is 97.6 Å². The maximum atomic E-state index is 10.7. The van der Waals surface area contributed by atoms with E-state index in [4.69, 9.17) is 4.74 Å². The Morgan fingerprint density at radius 2 is 1.94 bits per heavy atom. The summed E-state index contributed by atoms with van der Waals surface area (Å²) in [5.74, 6) is 1.18. The van der Waals surface area contributed by atoms with Crippen LogP contribution >= 0.6 is 0 Å². The summed E-state index contributed by atoms with van der Waals surface area (Å²) in [6.07, 6.45) is 2.52. The minimum absolute atomic E-state index is 0.256. The second-order valence-electron chi connectivity index (χ2n) is 4.25. The van der Waals surface area contributed by atoms with Crippen LogP contribution in [-0.4, -0.2) is 12.4 Å². The van der Waals surface area contributed by atoms with Gasteiger partial charge in [0, 0.05) is 6.42 Å². The molecule has 0 saturated heterocycles. The van der Waals surface area contributed by atoms with Gasteiger partial charge in [0.2, 0.25) is 0 Å². The number of hydrogen-bond acceptors (Lipinski definition) is 2. The molecule has 16 heavy (non-hydrogen) atoms. The molecule has 0 fully saturated rings. The van der Waals surface area contributed by atoms with E-state index in [1.165, 1.54) is 11.1 Å². The Morgan fingerprint density at radius 3 is 2.56 bits per heavy atom. The van der Waals surface area contributed by atoms with Crippen molar-refractivity contribution in [2.75, 3.05) is 6.61 Å². The lowest BCUT2D eigenvalue weighted by Crippen LogP contribution is -1.99. The number of benzene rings is 1. The van der Waals surface area contributed by atoms with Crippen LogP contribution in [0.4, 0.5) is 0 Å². The predicted molar refractivity (Wildman–Crippen MR) is 65.9 cm³/mol. The van der Waals surface area contributed by atoms with Gasteiger partial charge in [0.15, 0.2) is 0 Å². The molecule has 1 rings (SSSR count). The molecule has 2 heteroatoms. The van der Waals surface area contributed by atoms with Crippen LogP contribution in [0.25, 0.3) is 0 Å². The third-order valence-electron chi connectivity index (χ3n) is 2.67. The lowest BCUT2D eigenvalue weighted by Gasteiger charge is -2.07. The molecule has 0 amide bonds. The van der Waals surface area contributed by atoms with E-state index in [-0.39, 0.29) is 5.78 Å². The standard InChI is InChI=1S/C14H20O2/c1-11-7-8-14(10-12(11)2)16-9-5-4-6-13(3)15/h7-8,10H,4-6,9H2,1-3H3. The van der Waals surface area contributed by atoms with Crippen molar-refractivity contribution >= 4 is 5.78 Å². The molecule has 2 nitrogen and oxygen atoms in total. The zero-order valence-electron chi connectivity index (χ0n) is 10.4. The van der Waals surface area contributed by atoms with Gasteiger partial charge in [-0.2, -0.15) is 0 Å². The van der Waals surface area contributed by atoms with Gasteiger partial charge in [-0.3, -0.25) is 0 Å². The molecular formula is C14H20O2. The van der Waals surface area contributed by atoms with Crippen LogP contribution in [0.5, 0.6) is 5.75 Å². The first-order valence-electron chi connectivity index (χ1n) is 5.79. The van der Waals surface area contributed by atoms with Crippen LogP contribution in [0, 0.1) is 13.8 Å². The van der Waals surface area contributed by atoms with Gasteiger partial charge in [-0.15, -0.1) is 0 Å². The fourth-order valence-corrected chi connectivity index (χ4v) is 1.47. The molecular weight excluding hydrogens is 200 g/mol. The molecule has 0 aliphatic heterocycles. The van der Waals surface area contributed by atoms with E-state index in [2.05, 4.69) is 26.0 Å². The summed E-state index contributed by atoms with van der Waals surface area (Å²) in [6.45, 7) is 6.49. The van der Waals surface area contributed by atoms with Crippen molar-refractivity contribution in [1.82, 2.24) is 0 Å². The van der Waals surface area contributed by atoms with Crippen LogP contribution < -0.4 is 4.74 Å². The average Bonchev–Trinajstić information content (AvgIpc) is 2.22. The molecule has 0 unspecified atom stereocenters. The maximum absolute atomic E-state index is 10.7. The molecule has 0 aliphatic rings. The molecule has 0 spiro atoms. The Morgan fingerprint density at radius 1 is 1.19 bits per heavy atom.